The molecule has 0 saturated carbocycles. The van der Waals surface area contributed by atoms with Crippen molar-refractivity contribution in [3.63, 3.8) is 0 Å². The van der Waals surface area contributed by atoms with Crippen LogP contribution < -0.4 is 5.32 Å². The minimum Gasteiger partial charge on any atom is -0.444 e. The van der Waals surface area contributed by atoms with E-state index in [1.807, 2.05) is 27.7 Å². The predicted octanol–water partition coefficient (Wildman–Crippen LogP) is 2.65. The van der Waals surface area contributed by atoms with Crippen LogP contribution in [0, 0.1) is 0 Å². The highest BCUT2D eigenvalue weighted by Crippen LogP contribution is 2.21. The van der Waals surface area contributed by atoms with Crippen molar-refractivity contribution >= 4 is 23.0 Å². The van der Waals surface area contributed by atoms with Gasteiger partial charge in [-0.15, -0.1) is 0 Å². The SMILES string of the molecule is CCc1ncnc2[nH]cc(C(=O)NC3CCCN(C(=O)OC(C)(C)C)C3)c12. The maximum absolute atomic E-state index is 12.8. The molecule has 1 unspecified atom stereocenters. The lowest BCUT2D eigenvalue weighted by molar-refractivity contribution is 0.0185. The number of piperidine rings is 1. The van der Waals surface area contributed by atoms with Gasteiger partial charge in [0.15, 0.2) is 0 Å². The first-order chi connectivity index (χ1) is 12.8. The van der Waals surface area contributed by atoms with Gasteiger partial charge in [0.25, 0.3) is 5.91 Å². The second kappa shape index (κ2) is 7.54. The standard InChI is InChI=1S/C19H27N5O3/c1-5-14-15-13(9-20-16(15)22-11-21-14)17(25)23-12-7-6-8-24(10-12)18(26)27-19(2,3)4/h9,11-12H,5-8,10H2,1-4H3,(H,23,25)(H,20,21,22). The first kappa shape index (κ1) is 19.1. The summed E-state index contributed by atoms with van der Waals surface area (Å²) in [5, 5.41) is 3.81. The lowest BCUT2D eigenvalue weighted by atomic mass is 10.0. The maximum Gasteiger partial charge on any atom is 0.410 e. The Labute approximate surface area is 158 Å². The van der Waals surface area contributed by atoms with Gasteiger partial charge >= 0.3 is 6.09 Å². The number of aromatic amines is 1. The maximum atomic E-state index is 12.8. The Kier molecular flexibility index (Phi) is 5.34. The normalized spacial score (nSPS) is 17.8. The number of carbonyl (C=O) groups excluding carboxylic acids is 2. The summed E-state index contributed by atoms with van der Waals surface area (Å²) in [5.41, 5.74) is 1.50. The number of fused-ring (bicyclic) bond motifs is 1. The second-order valence-corrected chi connectivity index (χ2v) is 7.84. The zero-order valence-electron chi connectivity index (χ0n) is 16.3. The number of hydrogen-bond acceptors (Lipinski definition) is 5. The van der Waals surface area contributed by atoms with Crippen molar-refractivity contribution in [3.8, 4) is 0 Å². The van der Waals surface area contributed by atoms with Crippen LogP contribution in [0.1, 0.15) is 56.6 Å². The summed E-state index contributed by atoms with van der Waals surface area (Å²) in [6.07, 6.45) is 5.19. The second-order valence-electron chi connectivity index (χ2n) is 7.84. The van der Waals surface area contributed by atoms with E-state index in [9.17, 15) is 9.59 Å². The van der Waals surface area contributed by atoms with Gasteiger partial charge in [-0.1, -0.05) is 6.92 Å². The molecule has 8 nitrogen and oxygen atoms in total. The highest BCUT2D eigenvalue weighted by molar-refractivity contribution is 6.06. The third kappa shape index (κ3) is 4.37. The number of carbonyl (C=O) groups is 2. The van der Waals surface area contributed by atoms with E-state index < -0.39 is 5.60 Å². The highest BCUT2D eigenvalue weighted by Gasteiger charge is 2.29. The number of amides is 2. The molecule has 2 aromatic rings. The van der Waals surface area contributed by atoms with E-state index in [2.05, 4.69) is 20.3 Å². The highest BCUT2D eigenvalue weighted by atomic mass is 16.6. The molecule has 1 atom stereocenters. The van der Waals surface area contributed by atoms with Gasteiger partial charge in [0.1, 0.15) is 17.6 Å². The summed E-state index contributed by atoms with van der Waals surface area (Å²) in [7, 11) is 0. The summed E-state index contributed by atoms with van der Waals surface area (Å²) >= 11 is 0. The molecule has 0 aliphatic carbocycles. The molecule has 2 N–H and O–H groups in total. The zero-order valence-corrected chi connectivity index (χ0v) is 16.3. The molecule has 1 fully saturated rings. The van der Waals surface area contributed by atoms with Gasteiger partial charge < -0.3 is 19.9 Å². The average Bonchev–Trinajstić information content (AvgIpc) is 3.05. The van der Waals surface area contributed by atoms with Gasteiger partial charge in [-0.2, -0.15) is 0 Å². The van der Waals surface area contributed by atoms with E-state index in [-0.39, 0.29) is 18.0 Å². The lowest BCUT2D eigenvalue weighted by Gasteiger charge is -2.34. The van der Waals surface area contributed by atoms with Crippen LogP contribution >= 0.6 is 0 Å². The first-order valence-corrected chi connectivity index (χ1v) is 9.38. The van der Waals surface area contributed by atoms with E-state index in [0.29, 0.717) is 30.7 Å². The number of aromatic nitrogens is 3. The van der Waals surface area contributed by atoms with E-state index in [0.717, 1.165) is 23.9 Å². The third-order valence-corrected chi connectivity index (χ3v) is 4.54. The molecule has 0 radical (unpaired) electrons. The Morgan fingerprint density at radius 2 is 2.15 bits per heavy atom. The van der Waals surface area contributed by atoms with Crippen molar-refractivity contribution in [2.24, 2.45) is 0 Å². The molecule has 1 saturated heterocycles. The van der Waals surface area contributed by atoms with Crippen molar-refractivity contribution < 1.29 is 14.3 Å². The summed E-state index contributed by atoms with van der Waals surface area (Å²) in [4.78, 5) is 38.3. The molecule has 3 rings (SSSR count). The largest absolute Gasteiger partial charge is 0.444 e. The molecule has 1 aliphatic rings. The van der Waals surface area contributed by atoms with E-state index in [4.69, 9.17) is 4.74 Å². The van der Waals surface area contributed by atoms with Crippen LogP contribution in [0.2, 0.25) is 0 Å². The quantitative estimate of drug-likeness (QED) is 0.861. The molecule has 1 aliphatic heterocycles. The smallest absolute Gasteiger partial charge is 0.410 e. The van der Waals surface area contributed by atoms with Gasteiger partial charge in [-0.05, 0) is 40.0 Å². The van der Waals surface area contributed by atoms with Gasteiger partial charge in [-0.25, -0.2) is 14.8 Å². The number of nitrogens with zero attached hydrogens (tertiary/aromatic N) is 3. The number of aryl methyl sites for hydroxylation is 1. The summed E-state index contributed by atoms with van der Waals surface area (Å²) in [6.45, 7) is 8.62. The Balaban J connectivity index is 1.70. The van der Waals surface area contributed by atoms with Crippen LogP contribution in [0.3, 0.4) is 0 Å². The van der Waals surface area contributed by atoms with Crippen LogP contribution in [0.25, 0.3) is 11.0 Å². The first-order valence-electron chi connectivity index (χ1n) is 9.38. The Bertz CT molecular complexity index is 839. The van der Waals surface area contributed by atoms with Gasteiger partial charge in [0.2, 0.25) is 0 Å². The van der Waals surface area contributed by atoms with Crippen molar-refractivity contribution in [2.45, 2.75) is 58.6 Å². The fourth-order valence-corrected chi connectivity index (χ4v) is 3.32. The van der Waals surface area contributed by atoms with Gasteiger partial charge in [0.05, 0.1) is 16.6 Å². The molecule has 0 spiro atoms. The minimum atomic E-state index is -0.534. The minimum absolute atomic E-state index is 0.113. The van der Waals surface area contributed by atoms with E-state index in [1.165, 1.54) is 6.33 Å². The Morgan fingerprint density at radius 3 is 2.85 bits per heavy atom. The monoisotopic (exact) mass is 373 g/mol. The number of hydrogen-bond donors (Lipinski definition) is 2. The number of ether oxygens (including phenoxy) is 1. The summed E-state index contributed by atoms with van der Waals surface area (Å²) in [5.74, 6) is -0.179. The van der Waals surface area contributed by atoms with Crippen molar-refractivity contribution in [3.05, 3.63) is 23.8 Å². The molecule has 0 aromatic carbocycles. The average molecular weight is 373 g/mol. The molecule has 8 heteroatoms. The zero-order chi connectivity index (χ0) is 19.6. The molecule has 0 bridgehead atoms. The van der Waals surface area contributed by atoms with Crippen LogP contribution in [-0.2, 0) is 11.2 Å². The molecule has 2 amide bonds. The van der Waals surface area contributed by atoms with E-state index in [1.54, 1.807) is 11.1 Å². The number of likely N-dealkylation sites (tertiary alicyclic amines) is 1. The molecule has 27 heavy (non-hydrogen) atoms. The molecular weight excluding hydrogens is 346 g/mol. The predicted molar refractivity (Wildman–Crippen MR) is 102 cm³/mol. The van der Waals surface area contributed by atoms with Crippen molar-refractivity contribution in [2.75, 3.05) is 13.1 Å². The Hall–Kier alpha value is -2.64. The van der Waals surface area contributed by atoms with Crippen LogP contribution in [0.5, 0.6) is 0 Å². The van der Waals surface area contributed by atoms with Crippen LogP contribution in [0.4, 0.5) is 4.79 Å². The van der Waals surface area contributed by atoms with E-state index >= 15 is 0 Å². The number of H-pyrrole nitrogens is 1. The number of rotatable bonds is 3. The summed E-state index contributed by atoms with van der Waals surface area (Å²) < 4.78 is 5.44. The van der Waals surface area contributed by atoms with Gasteiger partial charge in [-0.3, -0.25) is 4.79 Å². The fourth-order valence-electron chi connectivity index (χ4n) is 3.32. The van der Waals surface area contributed by atoms with Crippen molar-refractivity contribution in [1.82, 2.24) is 25.2 Å². The molecule has 2 aromatic heterocycles. The van der Waals surface area contributed by atoms with Crippen molar-refractivity contribution in [1.29, 1.82) is 0 Å². The molecule has 146 valence electrons. The molecular formula is C19H27N5O3. The third-order valence-electron chi connectivity index (χ3n) is 4.54. The van der Waals surface area contributed by atoms with Crippen LogP contribution in [0.15, 0.2) is 12.5 Å². The number of nitrogens with one attached hydrogen (secondary N) is 2. The summed E-state index contributed by atoms with van der Waals surface area (Å²) in [6, 6.07) is -0.113. The lowest BCUT2D eigenvalue weighted by Crippen LogP contribution is -2.50. The van der Waals surface area contributed by atoms with Crippen LogP contribution in [-0.4, -0.2) is 56.6 Å². The topological polar surface area (TPSA) is 100 Å². The fraction of sp³-hybridized carbons (Fsp3) is 0.579. The molecule has 3 heterocycles. The van der Waals surface area contributed by atoms with Gasteiger partial charge in [0, 0.05) is 25.3 Å². The Morgan fingerprint density at radius 1 is 1.37 bits per heavy atom.